The van der Waals surface area contributed by atoms with Crippen molar-refractivity contribution in [1.82, 2.24) is 5.32 Å². The maximum absolute atomic E-state index is 6.73. The number of allylic oxidation sites excluding steroid dienone is 3. The number of nitrogens with one attached hydrogen (secondary N) is 1. The molecule has 1 spiro atoms. The molecule has 62 heavy (non-hydrogen) atoms. The number of para-hydroxylation sites is 1. The first-order valence-corrected chi connectivity index (χ1v) is 21.5. The molecule has 4 aliphatic rings. The molecule has 0 saturated heterocycles. The third kappa shape index (κ3) is 5.90. The molecule has 0 radical (unpaired) electrons. The van der Waals surface area contributed by atoms with E-state index in [0.717, 1.165) is 69.4 Å². The molecule has 0 amide bonds. The van der Waals surface area contributed by atoms with Crippen LogP contribution < -0.4 is 10.1 Å². The van der Waals surface area contributed by atoms with E-state index in [-0.39, 0.29) is 6.17 Å². The van der Waals surface area contributed by atoms with Crippen LogP contribution in [0.1, 0.15) is 58.0 Å². The third-order valence-electron chi connectivity index (χ3n) is 12.9. The molecule has 2 aliphatic carbocycles. The predicted octanol–water partition coefficient (Wildman–Crippen LogP) is 13.7. The predicted molar refractivity (Wildman–Crippen MR) is 253 cm³/mol. The maximum atomic E-state index is 6.73. The van der Waals surface area contributed by atoms with E-state index >= 15 is 0 Å². The van der Waals surface area contributed by atoms with Crippen molar-refractivity contribution in [2.75, 3.05) is 0 Å². The van der Waals surface area contributed by atoms with E-state index < -0.39 is 5.41 Å². The Labute approximate surface area is 362 Å². The van der Waals surface area contributed by atoms with Crippen LogP contribution in [0.25, 0.3) is 39.0 Å². The zero-order valence-corrected chi connectivity index (χ0v) is 34.0. The number of hydrogen-bond donors (Lipinski definition) is 1. The van der Waals surface area contributed by atoms with Crippen molar-refractivity contribution < 1.29 is 4.74 Å². The highest BCUT2D eigenvalue weighted by molar-refractivity contribution is 6.14. The Morgan fingerprint density at radius 3 is 1.84 bits per heavy atom. The van der Waals surface area contributed by atoms with Crippen molar-refractivity contribution in [3.8, 4) is 44.9 Å². The minimum Gasteiger partial charge on any atom is -0.457 e. The van der Waals surface area contributed by atoms with Crippen molar-refractivity contribution in [2.24, 2.45) is 9.98 Å². The number of nitrogens with zero attached hydrogens (tertiary/aromatic N) is 2. The zero-order valence-electron chi connectivity index (χ0n) is 34.0. The van der Waals surface area contributed by atoms with E-state index in [1.807, 2.05) is 12.1 Å². The van der Waals surface area contributed by atoms with Crippen LogP contribution in [0.15, 0.2) is 228 Å². The van der Waals surface area contributed by atoms with Gasteiger partial charge in [-0.3, -0.25) is 0 Å². The fourth-order valence-corrected chi connectivity index (χ4v) is 10.0. The van der Waals surface area contributed by atoms with Crippen LogP contribution in [0.3, 0.4) is 0 Å². The molecular weight excluding hydrogens is 755 g/mol. The first kappa shape index (κ1) is 36.1. The van der Waals surface area contributed by atoms with E-state index in [2.05, 4.69) is 206 Å². The number of rotatable bonds is 6. The van der Waals surface area contributed by atoms with Gasteiger partial charge in [0.25, 0.3) is 0 Å². The topological polar surface area (TPSA) is 46.0 Å². The van der Waals surface area contributed by atoms with E-state index in [1.165, 1.54) is 50.1 Å². The van der Waals surface area contributed by atoms with Crippen LogP contribution in [-0.4, -0.2) is 11.7 Å². The number of hydrogen-bond acceptors (Lipinski definition) is 4. The Hall–Kier alpha value is -7.82. The van der Waals surface area contributed by atoms with Crippen molar-refractivity contribution in [3.63, 3.8) is 0 Å². The summed E-state index contributed by atoms with van der Waals surface area (Å²) in [6.45, 7) is 0. The van der Waals surface area contributed by atoms with Crippen LogP contribution in [0.2, 0.25) is 0 Å². The monoisotopic (exact) mass is 795 g/mol. The minimum absolute atomic E-state index is 0.264. The van der Waals surface area contributed by atoms with Crippen molar-refractivity contribution >= 4 is 17.2 Å². The van der Waals surface area contributed by atoms with Gasteiger partial charge in [-0.1, -0.05) is 176 Å². The van der Waals surface area contributed by atoms with Gasteiger partial charge in [-0.15, -0.1) is 0 Å². The van der Waals surface area contributed by atoms with Crippen LogP contribution in [0.5, 0.6) is 11.5 Å². The highest BCUT2D eigenvalue weighted by Crippen LogP contribution is 2.62. The Balaban J connectivity index is 0.922. The lowest BCUT2D eigenvalue weighted by Gasteiger charge is -2.39. The first-order chi connectivity index (χ1) is 30.7. The standard InChI is InChI=1S/C58H41N3O/c1-3-16-38(17-4-1)40-20-14-24-45(35-40)56-59-55(39-18-5-2-6-19-39)60-57(61-56)46-25-15-23-43(36-46)41-21-13-22-42(34-41)44-32-33-54-52(37-44)58(51-30-11-12-31-53(51)62-54)49-28-9-7-26-47(49)48-27-8-10-29-50(48)58/h1-14,16-24,26-37,55H,15,25H2,(H,59,60,61). The summed E-state index contributed by atoms with van der Waals surface area (Å²) in [5, 5.41) is 3.72. The Bertz CT molecular complexity index is 3150. The Kier molecular flexibility index (Phi) is 8.56. The van der Waals surface area contributed by atoms with Crippen molar-refractivity contribution in [1.29, 1.82) is 0 Å². The summed E-state index contributed by atoms with van der Waals surface area (Å²) in [6.07, 6.45) is 6.21. The fraction of sp³-hybridized carbons (Fsp3) is 0.0690. The first-order valence-electron chi connectivity index (χ1n) is 21.5. The largest absolute Gasteiger partial charge is 0.457 e. The van der Waals surface area contributed by atoms with Gasteiger partial charge in [0, 0.05) is 16.7 Å². The summed E-state index contributed by atoms with van der Waals surface area (Å²) in [5.74, 6) is 3.39. The van der Waals surface area contributed by atoms with Gasteiger partial charge >= 0.3 is 0 Å². The molecule has 2 heterocycles. The zero-order chi connectivity index (χ0) is 41.0. The molecule has 8 aromatic rings. The van der Waals surface area contributed by atoms with Crippen LogP contribution in [0, 0.1) is 0 Å². The molecule has 12 rings (SSSR count). The highest BCUT2D eigenvalue weighted by Gasteiger charge is 2.51. The van der Waals surface area contributed by atoms with E-state index in [4.69, 9.17) is 14.7 Å². The molecule has 1 atom stereocenters. The van der Waals surface area contributed by atoms with E-state index in [9.17, 15) is 0 Å². The molecule has 4 heteroatoms. The van der Waals surface area contributed by atoms with Crippen molar-refractivity contribution in [3.05, 3.63) is 257 Å². The molecule has 0 bridgehead atoms. The number of ether oxygens (including phenoxy) is 1. The van der Waals surface area contributed by atoms with Crippen molar-refractivity contribution in [2.45, 2.75) is 24.4 Å². The summed E-state index contributed by atoms with van der Waals surface area (Å²) in [5.41, 5.74) is 17.2. The third-order valence-corrected chi connectivity index (χ3v) is 12.9. The molecule has 8 aromatic carbocycles. The van der Waals surface area contributed by atoms with Crippen LogP contribution >= 0.6 is 0 Å². The minimum atomic E-state index is -0.509. The second kappa shape index (κ2) is 14.7. The second-order valence-corrected chi connectivity index (χ2v) is 16.4. The van der Waals surface area contributed by atoms with Crippen LogP contribution in [-0.2, 0) is 5.41 Å². The summed E-state index contributed by atoms with van der Waals surface area (Å²) in [4.78, 5) is 10.4. The molecule has 2 aliphatic heterocycles. The molecule has 0 aromatic heterocycles. The summed E-state index contributed by atoms with van der Waals surface area (Å²) >= 11 is 0. The molecule has 0 saturated carbocycles. The SMILES string of the molecule is C1=C(C2=NC(c3cccc(-c4ccccc4)c3)=NC(c3ccccc3)N2)CCC=C1c1cccc(-c2ccc3c(c2)C2(c4ccccc4O3)c3ccccc3-c3ccccc32)c1. The summed E-state index contributed by atoms with van der Waals surface area (Å²) in [6, 6.07) is 71.6. The van der Waals surface area contributed by atoms with E-state index in [1.54, 1.807) is 0 Å². The quantitative estimate of drug-likeness (QED) is 0.182. The maximum Gasteiger partial charge on any atom is 0.159 e. The lowest BCUT2D eigenvalue weighted by atomic mass is 9.66. The van der Waals surface area contributed by atoms with E-state index in [0.29, 0.717) is 0 Å². The lowest BCUT2D eigenvalue weighted by Crippen LogP contribution is -2.34. The molecule has 0 fully saturated rings. The fourth-order valence-electron chi connectivity index (χ4n) is 10.0. The summed E-state index contributed by atoms with van der Waals surface area (Å²) in [7, 11) is 0. The second-order valence-electron chi connectivity index (χ2n) is 16.4. The van der Waals surface area contributed by atoms with Gasteiger partial charge in [0.2, 0.25) is 0 Å². The molecular formula is C58H41N3O. The average Bonchev–Trinajstić information content (AvgIpc) is 3.65. The van der Waals surface area contributed by atoms with Gasteiger partial charge in [-0.25, -0.2) is 9.98 Å². The number of benzene rings is 8. The lowest BCUT2D eigenvalue weighted by molar-refractivity contribution is 0.436. The van der Waals surface area contributed by atoms with Gasteiger partial charge in [-0.05, 0) is 116 Å². The van der Waals surface area contributed by atoms with Crippen LogP contribution in [0.4, 0.5) is 0 Å². The highest BCUT2D eigenvalue weighted by atomic mass is 16.5. The smallest absolute Gasteiger partial charge is 0.159 e. The van der Waals surface area contributed by atoms with Gasteiger partial charge in [0.15, 0.2) is 5.84 Å². The normalized spacial score (nSPS) is 16.5. The number of aliphatic imine (C=N–C) groups is 2. The number of amidine groups is 2. The Morgan fingerprint density at radius 2 is 1.06 bits per heavy atom. The van der Waals surface area contributed by atoms with Gasteiger partial charge in [-0.2, -0.15) is 0 Å². The molecule has 4 nitrogen and oxygen atoms in total. The Morgan fingerprint density at radius 1 is 0.484 bits per heavy atom. The molecule has 294 valence electrons. The van der Waals surface area contributed by atoms with Gasteiger partial charge < -0.3 is 10.1 Å². The number of fused-ring (bicyclic) bond motifs is 9. The molecule has 1 N–H and O–H groups in total. The van der Waals surface area contributed by atoms with Gasteiger partial charge in [0.05, 0.1) is 5.41 Å². The molecule has 1 unspecified atom stereocenters. The van der Waals surface area contributed by atoms with Gasteiger partial charge in [0.1, 0.15) is 23.5 Å². The summed E-state index contributed by atoms with van der Waals surface area (Å²) < 4.78 is 6.73. The average molecular weight is 796 g/mol.